The maximum Gasteiger partial charge on any atom is 0.330 e. The molecule has 0 radical (unpaired) electrons. The van der Waals surface area contributed by atoms with E-state index in [1.54, 1.807) is 6.92 Å². The minimum atomic E-state index is -1.87. The summed E-state index contributed by atoms with van der Waals surface area (Å²) < 4.78 is 54.5. The maximum absolute atomic E-state index is 12.9. The first-order valence-corrected chi connectivity index (χ1v) is 29.5. The minimum absolute atomic E-state index is 0.0154. The van der Waals surface area contributed by atoms with Crippen LogP contribution >= 0.6 is 0 Å². The standard InChI is InChI=1S/C58H96O24/c1-10-12-36(62)74-24-31-40(65)43(68)47(72)51(78-31)81-49-45(70)39(64)30(23-60)77-53(49)80-35-16-18-55(6)33(54(35,4)5)15-20-56(7)34(55)21-28(61)37-27(14-19-57(37,56)8)58(9,17-11-13-26(2)3)82-52-48(73)44(69)41(66)32(79-52)25-75-50-46(71)42(67)38(63)29(22-59)76-50/h10,12-13,27-35,37-53,59-61,63-73H,11,14-25H2,1-9H3. The minimum Gasteiger partial charge on any atom is -0.460 e. The Balaban J connectivity index is 1.00. The predicted octanol–water partition coefficient (Wildman–Crippen LogP) is -1.08. The quantitative estimate of drug-likeness (QED) is 0.0336. The molecule has 472 valence electrons. The van der Waals surface area contributed by atoms with E-state index in [4.69, 9.17) is 42.6 Å². The highest BCUT2D eigenvalue weighted by molar-refractivity contribution is 5.81. The first-order valence-electron chi connectivity index (χ1n) is 29.5. The average molecular weight is 1180 g/mol. The van der Waals surface area contributed by atoms with Gasteiger partial charge < -0.3 is 114 Å². The largest absolute Gasteiger partial charge is 0.460 e. The second-order valence-corrected chi connectivity index (χ2v) is 26.7. The summed E-state index contributed by atoms with van der Waals surface area (Å²) in [7, 11) is 0. The van der Waals surface area contributed by atoms with Gasteiger partial charge in [0.05, 0.1) is 37.6 Å². The summed E-state index contributed by atoms with van der Waals surface area (Å²) in [4.78, 5) is 12.1. The number of esters is 1. The van der Waals surface area contributed by atoms with Gasteiger partial charge in [0.25, 0.3) is 0 Å². The van der Waals surface area contributed by atoms with E-state index in [9.17, 15) is 76.3 Å². The predicted molar refractivity (Wildman–Crippen MR) is 285 cm³/mol. The first kappa shape index (κ1) is 66.0. The van der Waals surface area contributed by atoms with Crippen LogP contribution in [0.1, 0.15) is 120 Å². The van der Waals surface area contributed by atoms with Crippen LogP contribution in [0.3, 0.4) is 0 Å². The lowest BCUT2D eigenvalue weighted by Crippen LogP contribution is -2.68. The lowest BCUT2D eigenvalue weighted by atomic mass is 9.35. The summed E-state index contributed by atoms with van der Waals surface area (Å²) in [6.45, 7) is 16.3. The Kier molecular flexibility index (Phi) is 20.7. The number of allylic oxidation sites excluding steroid dienone is 3. The molecule has 14 N–H and O–H groups in total. The van der Waals surface area contributed by atoms with E-state index < -0.39 is 184 Å². The molecule has 0 aromatic carbocycles. The van der Waals surface area contributed by atoms with Crippen molar-refractivity contribution in [2.45, 2.75) is 261 Å². The number of carbonyl (C=O) groups excluding carboxylic acids is 1. The SMILES string of the molecule is CC=CC(=O)OCC1OC(OC2C(OC3CCC4(C)C(CCC5(C)C4CC(O)C4C(C(C)(CCC=C(C)C)OC6OC(COC7OC(CO)C(O)C(O)C7O)C(O)C(O)C6O)CCC45C)C3(C)C)OC(CO)C(O)C2O)C(O)C(O)C1O. The summed E-state index contributed by atoms with van der Waals surface area (Å²) in [5.41, 5.74) is -1.69. The smallest absolute Gasteiger partial charge is 0.330 e. The molecule has 4 aliphatic heterocycles. The number of carbonyl (C=O) groups is 1. The molecule has 0 amide bonds. The first-order chi connectivity index (χ1) is 38.4. The van der Waals surface area contributed by atoms with Crippen molar-refractivity contribution in [3.63, 3.8) is 0 Å². The van der Waals surface area contributed by atoms with E-state index in [2.05, 4.69) is 40.7 Å². The molecule has 24 nitrogen and oxygen atoms in total. The molecule has 82 heavy (non-hydrogen) atoms. The summed E-state index contributed by atoms with van der Waals surface area (Å²) >= 11 is 0. The van der Waals surface area contributed by atoms with Crippen molar-refractivity contribution in [1.82, 2.24) is 0 Å². The van der Waals surface area contributed by atoms with E-state index >= 15 is 0 Å². The second-order valence-electron chi connectivity index (χ2n) is 26.7. The Labute approximate surface area is 479 Å². The molecular weight excluding hydrogens is 1080 g/mol. The fourth-order valence-corrected chi connectivity index (χ4v) is 16.6. The Morgan fingerprint density at radius 2 is 1.13 bits per heavy atom. The van der Waals surface area contributed by atoms with Gasteiger partial charge in [-0.15, -0.1) is 0 Å². The molecule has 4 aliphatic carbocycles. The molecule has 8 aliphatic rings. The zero-order valence-electron chi connectivity index (χ0n) is 48.8. The topological polar surface area (TPSA) is 383 Å². The van der Waals surface area contributed by atoms with Crippen molar-refractivity contribution >= 4 is 5.97 Å². The number of hydrogen-bond donors (Lipinski definition) is 14. The molecular formula is C58H96O24. The van der Waals surface area contributed by atoms with Crippen LogP contribution in [-0.4, -0.2) is 245 Å². The lowest BCUT2D eigenvalue weighted by Gasteiger charge is -2.71. The molecule has 4 saturated heterocycles. The van der Waals surface area contributed by atoms with Crippen molar-refractivity contribution < 1.29 is 119 Å². The zero-order chi connectivity index (χ0) is 60.3. The van der Waals surface area contributed by atoms with Gasteiger partial charge in [0.2, 0.25) is 0 Å². The average Bonchev–Trinajstić information content (AvgIpc) is 1.26. The lowest BCUT2D eigenvalue weighted by molar-refractivity contribution is -0.378. The van der Waals surface area contributed by atoms with Gasteiger partial charge in [0.1, 0.15) is 104 Å². The fourth-order valence-electron chi connectivity index (χ4n) is 16.6. The molecule has 4 heterocycles. The van der Waals surface area contributed by atoms with Gasteiger partial charge in [0, 0.05) is 6.08 Å². The molecule has 8 rings (SSSR count). The van der Waals surface area contributed by atoms with E-state index in [1.165, 1.54) is 6.08 Å². The van der Waals surface area contributed by atoms with Crippen LogP contribution in [0.15, 0.2) is 23.8 Å². The fraction of sp³-hybridized carbons (Fsp3) is 0.914. The van der Waals surface area contributed by atoms with Crippen LogP contribution in [0.4, 0.5) is 0 Å². The van der Waals surface area contributed by atoms with Crippen molar-refractivity contribution in [3.05, 3.63) is 23.8 Å². The zero-order valence-corrected chi connectivity index (χ0v) is 48.8. The highest BCUT2D eigenvalue weighted by Crippen LogP contribution is 2.76. The molecule has 4 saturated carbocycles. The van der Waals surface area contributed by atoms with Crippen LogP contribution in [0, 0.1) is 45.3 Å². The number of fused-ring (bicyclic) bond motifs is 5. The van der Waals surface area contributed by atoms with Crippen LogP contribution in [0.25, 0.3) is 0 Å². The van der Waals surface area contributed by atoms with Crippen molar-refractivity contribution in [1.29, 1.82) is 0 Å². The molecule has 30 atom stereocenters. The third kappa shape index (κ3) is 12.1. The molecule has 30 unspecified atom stereocenters. The normalized spacial score (nSPS) is 50.2. The van der Waals surface area contributed by atoms with E-state index in [-0.39, 0.29) is 34.5 Å². The molecule has 0 spiro atoms. The maximum atomic E-state index is 12.9. The van der Waals surface area contributed by atoms with E-state index in [1.807, 2.05) is 20.8 Å². The van der Waals surface area contributed by atoms with E-state index in [0.717, 1.165) is 30.9 Å². The Bertz CT molecular complexity index is 2200. The molecule has 24 heteroatoms. The molecule has 0 bridgehead atoms. The number of ether oxygens (including phenoxy) is 9. The highest BCUT2D eigenvalue weighted by Gasteiger charge is 2.72. The number of hydrogen-bond acceptors (Lipinski definition) is 24. The van der Waals surface area contributed by atoms with Gasteiger partial charge in [-0.2, -0.15) is 0 Å². The highest BCUT2D eigenvalue weighted by atomic mass is 16.8. The Hall–Kier alpha value is -1.93. The monoisotopic (exact) mass is 1180 g/mol. The van der Waals surface area contributed by atoms with Crippen molar-refractivity contribution in [3.8, 4) is 0 Å². The summed E-state index contributed by atoms with van der Waals surface area (Å²) in [5.74, 6) is -1.28. The van der Waals surface area contributed by atoms with Gasteiger partial charge in [-0.3, -0.25) is 0 Å². The van der Waals surface area contributed by atoms with Crippen LogP contribution < -0.4 is 0 Å². The summed E-state index contributed by atoms with van der Waals surface area (Å²) in [6.07, 6.45) is -23.2. The van der Waals surface area contributed by atoms with Crippen molar-refractivity contribution in [2.24, 2.45) is 45.3 Å². The van der Waals surface area contributed by atoms with Crippen LogP contribution in [0.2, 0.25) is 0 Å². The summed E-state index contributed by atoms with van der Waals surface area (Å²) in [6, 6.07) is 0. The van der Waals surface area contributed by atoms with Crippen LogP contribution in [0.5, 0.6) is 0 Å². The summed E-state index contributed by atoms with van der Waals surface area (Å²) in [5, 5.41) is 154. The Morgan fingerprint density at radius 3 is 1.74 bits per heavy atom. The van der Waals surface area contributed by atoms with Gasteiger partial charge in [0.15, 0.2) is 25.2 Å². The van der Waals surface area contributed by atoms with Crippen LogP contribution in [-0.2, 0) is 47.4 Å². The molecule has 0 aromatic rings. The van der Waals surface area contributed by atoms with Gasteiger partial charge >= 0.3 is 5.97 Å². The molecule has 0 aromatic heterocycles. The number of aliphatic hydroxyl groups is 14. The Morgan fingerprint density at radius 1 is 0.598 bits per heavy atom. The van der Waals surface area contributed by atoms with Gasteiger partial charge in [-0.1, -0.05) is 52.3 Å². The second kappa shape index (κ2) is 25.7. The third-order valence-corrected chi connectivity index (χ3v) is 21.4. The molecule has 8 fully saturated rings. The van der Waals surface area contributed by atoms with Gasteiger partial charge in [-0.05, 0) is 131 Å². The van der Waals surface area contributed by atoms with E-state index in [0.29, 0.717) is 38.5 Å². The number of aliphatic hydroxyl groups excluding tert-OH is 14. The van der Waals surface area contributed by atoms with Gasteiger partial charge in [-0.25, -0.2) is 4.79 Å². The van der Waals surface area contributed by atoms with Crippen molar-refractivity contribution in [2.75, 3.05) is 26.4 Å². The third-order valence-electron chi connectivity index (χ3n) is 21.4. The number of rotatable bonds is 18.